The van der Waals surface area contributed by atoms with Crippen LogP contribution in [0.3, 0.4) is 0 Å². The van der Waals surface area contributed by atoms with Gasteiger partial charge in [-0.25, -0.2) is 0 Å². The minimum Gasteiger partial charge on any atom is -0.497 e. The Bertz CT molecular complexity index is 819. The summed E-state index contributed by atoms with van der Waals surface area (Å²) in [5, 5.41) is 3.38. The molecule has 4 saturated carbocycles. The summed E-state index contributed by atoms with van der Waals surface area (Å²) in [6, 6.07) is 7.71. The minimum absolute atomic E-state index is 0.0534. The molecule has 5 rings (SSSR count). The lowest BCUT2D eigenvalue weighted by Crippen LogP contribution is -2.51. The summed E-state index contributed by atoms with van der Waals surface area (Å²) in [5.74, 6) is 7.22. The molecule has 1 amide bonds. The Hall–Kier alpha value is -1.51. The molecular formula is C29H43NO2. The van der Waals surface area contributed by atoms with Gasteiger partial charge in [-0.05, 0) is 129 Å². The molecule has 0 aliphatic heterocycles. The molecule has 0 heterocycles. The molecule has 4 aliphatic rings. The summed E-state index contributed by atoms with van der Waals surface area (Å²) in [6.45, 7) is 7.31. The van der Waals surface area contributed by atoms with Crippen molar-refractivity contribution in [3.05, 3.63) is 29.8 Å². The molecular weight excluding hydrogens is 394 g/mol. The molecule has 3 heteroatoms. The summed E-state index contributed by atoms with van der Waals surface area (Å²) in [5.41, 5.74) is 1.12. The van der Waals surface area contributed by atoms with Crippen LogP contribution in [0, 0.1) is 46.8 Å². The van der Waals surface area contributed by atoms with Crippen LogP contribution in [0.15, 0.2) is 24.3 Å². The lowest BCUT2D eigenvalue weighted by atomic mass is 9.49. The first-order chi connectivity index (χ1) is 15.4. The van der Waals surface area contributed by atoms with Gasteiger partial charge in [-0.2, -0.15) is 0 Å². The van der Waals surface area contributed by atoms with Crippen LogP contribution in [0.5, 0.6) is 5.75 Å². The lowest BCUT2D eigenvalue weighted by molar-refractivity contribution is -0.0698. The third-order valence-electron chi connectivity index (χ3n) is 10.6. The Morgan fingerprint density at radius 3 is 2.50 bits per heavy atom. The zero-order valence-corrected chi connectivity index (χ0v) is 20.6. The maximum absolute atomic E-state index is 12.9. The van der Waals surface area contributed by atoms with Crippen molar-refractivity contribution in [2.75, 3.05) is 7.11 Å². The zero-order chi connectivity index (χ0) is 22.5. The maximum atomic E-state index is 12.9. The molecule has 0 saturated heterocycles. The molecule has 4 aliphatic carbocycles. The van der Waals surface area contributed by atoms with Gasteiger partial charge >= 0.3 is 0 Å². The van der Waals surface area contributed by atoms with Crippen LogP contribution in [0.1, 0.15) is 88.9 Å². The quantitative estimate of drug-likeness (QED) is 0.568. The van der Waals surface area contributed by atoms with E-state index in [0.29, 0.717) is 11.3 Å². The van der Waals surface area contributed by atoms with E-state index in [0.717, 1.165) is 46.8 Å². The molecule has 0 radical (unpaired) electrons. The van der Waals surface area contributed by atoms with Crippen molar-refractivity contribution >= 4 is 5.91 Å². The van der Waals surface area contributed by atoms with Crippen molar-refractivity contribution in [2.24, 2.45) is 46.8 Å². The van der Waals surface area contributed by atoms with E-state index in [4.69, 9.17) is 4.74 Å². The van der Waals surface area contributed by atoms with Gasteiger partial charge in [-0.15, -0.1) is 0 Å². The van der Waals surface area contributed by atoms with Gasteiger partial charge in [-0.3, -0.25) is 4.79 Å². The number of nitrogens with one attached hydrogen (secondary N) is 1. The number of hydrogen-bond donors (Lipinski definition) is 1. The Balaban J connectivity index is 1.26. The number of rotatable bonds is 4. The van der Waals surface area contributed by atoms with Crippen molar-refractivity contribution in [1.82, 2.24) is 5.32 Å². The molecule has 1 aromatic rings. The van der Waals surface area contributed by atoms with Crippen LogP contribution < -0.4 is 10.1 Å². The van der Waals surface area contributed by atoms with Crippen molar-refractivity contribution in [3.8, 4) is 5.75 Å². The number of carbonyl (C=O) groups excluding carboxylic acids is 1. The first-order valence-electron chi connectivity index (χ1n) is 13.4. The summed E-state index contributed by atoms with van der Waals surface area (Å²) < 4.78 is 5.23. The number of benzene rings is 1. The topological polar surface area (TPSA) is 38.3 Å². The molecule has 0 aromatic heterocycles. The second kappa shape index (κ2) is 8.69. The van der Waals surface area contributed by atoms with Crippen LogP contribution in [0.2, 0.25) is 0 Å². The largest absolute Gasteiger partial charge is 0.497 e. The van der Waals surface area contributed by atoms with Crippen LogP contribution in [-0.4, -0.2) is 19.1 Å². The molecule has 0 spiro atoms. The maximum Gasteiger partial charge on any atom is 0.251 e. The number of fused-ring (bicyclic) bond motifs is 5. The first kappa shape index (κ1) is 22.3. The summed E-state index contributed by atoms with van der Waals surface area (Å²) in [6.07, 6.45) is 12.9. The van der Waals surface area contributed by atoms with Gasteiger partial charge in [-0.1, -0.05) is 20.3 Å². The number of methoxy groups -OCH3 is 1. The van der Waals surface area contributed by atoms with Crippen molar-refractivity contribution in [3.63, 3.8) is 0 Å². The Kier molecular flexibility index (Phi) is 6.05. The highest BCUT2D eigenvalue weighted by molar-refractivity contribution is 5.94. The standard InChI is InChI=1S/C29H43NO2/c1-18-5-11-23-21(17-18)8-12-25-24(23)15-16-29(3)26(13-14-27(25)29)19(2)30-28(31)20-6-9-22(32-4)10-7-20/h6-7,9-10,18-19,21,23-27H,5,8,11-17H2,1-4H3,(H,30,31)/t18-,19-,21+,23-,24?,25+,26?,27?,29+/m0/s1. The van der Waals surface area contributed by atoms with Gasteiger partial charge in [0.05, 0.1) is 7.11 Å². The van der Waals surface area contributed by atoms with Crippen molar-refractivity contribution in [2.45, 2.75) is 84.6 Å². The Morgan fingerprint density at radius 2 is 1.75 bits per heavy atom. The average molecular weight is 438 g/mol. The molecule has 32 heavy (non-hydrogen) atoms. The second-order valence-corrected chi connectivity index (χ2v) is 12.1. The molecule has 3 unspecified atom stereocenters. The van der Waals surface area contributed by atoms with Gasteiger partial charge in [0.2, 0.25) is 0 Å². The Morgan fingerprint density at radius 1 is 1.00 bits per heavy atom. The highest BCUT2D eigenvalue weighted by Crippen LogP contribution is 2.64. The molecule has 9 atom stereocenters. The number of ether oxygens (including phenoxy) is 1. The third-order valence-corrected chi connectivity index (χ3v) is 10.6. The number of carbonyl (C=O) groups is 1. The smallest absolute Gasteiger partial charge is 0.251 e. The molecule has 1 N–H and O–H groups in total. The normalized spacial score (nSPS) is 41.7. The fourth-order valence-electron chi connectivity index (χ4n) is 9.08. The molecule has 0 bridgehead atoms. The Labute approximate surface area is 195 Å². The number of amides is 1. The minimum atomic E-state index is 0.0534. The van der Waals surface area contributed by atoms with E-state index in [1.54, 1.807) is 7.11 Å². The van der Waals surface area contributed by atoms with E-state index >= 15 is 0 Å². The summed E-state index contributed by atoms with van der Waals surface area (Å²) in [4.78, 5) is 12.9. The van der Waals surface area contributed by atoms with Crippen molar-refractivity contribution in [1.29, 1.82) is 0 Å². The van der Waals surface area contributed by atoms with E-state index in [2.05, 4.69) is 26.1 Å². The summed E-state index contributed by atoms with van der Waals surface area (Å²) >= 11 is 0. The van der Waals surface area contributed by atoms with Gasteiger partial charge < -0.3 is 10.1 Å². The second-order valence-electron chi connectivity index (χ2n) is 12.1. The predicted molar refractivity (Wildman–Crippen MR) is 130 cm³/mol. The van der Waals surface area contributed by atoms with Crippen molar-refractivity contribution < 1.29 is 9.53 Å². The van der Waals surface area contributed by atoms with Crippen LogP contribution in [-0.2, 0) is 0 Å². The zero-order valence-electron chi connectivity index (χ0n) is 20.6. The molecule has 3 nitrogen and oxygen atoms in total. The fraction of sp³-hybridized carbons (Fsp3) is 0.759. The highest BCUT2D eigenvalue weighted by Gasteiger charge is 2.57. The monoisotopic (exact) mass is 437 g/mol. The van der Waals surface area contributed by atoms with Crippen LogP contribution in [0.4, 0.5) is 0 Å². The molecule has 4 fully saturated rings. The fourth-order valence-corrected chi connectivity index (χ4v) is 9.08. The van der Waals surface area contributed by atoms with E-state index in [1.165, 1.54) is 57.8 Å². The van der Waals surface area contributed by atoms with E-state index < -0.39 is 0 Å². The number of hydrogen-bond acceptors (Lipinski definition) is 2. The third kappa shape index (κ3) is 3.78. The summed E-state index contributed by atoms with van der Waals surface area (Å²) in [7, 11) is 1.66. The van der Waals surface area contributed by atoms with E-state index in [9.17, 15) is 4.79 Å². The van der Waals surface area contributed by atoms with Crippen LogP contribution in [0.25, 0.3) is 0 Å². The molecule has 1 aromatic carbocycles. The molecule has 176 valence electrons. The van der Waals surface area contributed by atoms with Gasteiger partial charge in [0.25, 0.3) is 5.91 Å². The predicted octanol–water partition coefficient (Wildman–Crippen LogP) is 6.72. The lowest BCUT2D eigenvalue weighted by Gasteiger charge is -2.56. The first-order valence-corrected chi connectivity index (χ1v) is 13.4. The van der Waals surface area contributed by atoms with Crippen LogP contribution >= 0.6 is 0 Å². The van der Waals surface area contributed by atoms with Gasteiger partial charge in [0, 0.05) is 11.6 Å². The van der Waals surface area contributed by atoms with E-state index in [1.807, 2.05) is 24.3 Å². The van der Waals surface area contributed by atoms with Gasteiger partial charge in [0.1, 0.15) is 5.75 Å². The highest BCUT2D eigenvalue weighted by atomic mass is 16.5. The van der Waals surface area contributed by atoms with E-state index in [-0.39, 0.29) is 11.9 Å². The SMILES string of the molecule is COc1ccc(C(=O)N[C@@H](C)C2CCC3[C@@H]4CC[C@@H]5C[C@@H](C)CC[C@@H]5C4CC[C@@]32C)cc1. The van der Waals surface area contributed by atoms with Gasteiger partial charge in [0.15, 0.2) is 0 Å². The average Bonchev–Trinajstić information content (AvgIpc) is 3.16.